The van der Waals surface area contributed by atoms with E-state index in [0.717, 1.165) is 10.1 Å². The second-order valence-electron chi connectivity index (χ2n) is 8.13. The van der Waals surface area contributed by atoms with E-state index in [0.29, 0.717) is 41.5 Å². The van der Waals surface area contributed by atoms with Crippen LogP contribution in [0.1, 0.15) is 55.8 Å². The lowest BCUT2D eigenvalue weighted by Crippen LogP contribution is -2.31. The summed E-state index contributed by atoms with van der Waals surface area (Å²) in [5, 5.41) is 9.83. The number of carboxylic acid groups (broad SMARTS) is 1. The van der Waals surface area contributed by atoms with Crippen molar-refractivity contribution in [2.75, 3.05) is 0 Å². The number of carboxylic acids is 1. The molecule has 1 aromatic heterocycles. The van der Waals surface area contributed by atoms with Crippen LogP contribution in [0.3, 0.4) is 0 Å². The van der Waals surface area contributed by atoms with Gasteiger partial charge in [-0.1, -0.05) is 74.0 Å². The highest BCUT2D eigenvalue weighted by Crippen LogP contribution is 2.25. The van der Waals surface area contributed by atoms with E-state index in [1.807, 2.05) is 37.3 Å². The standard InChI is InChI=1S/C28H24N2O5/c1-2-9-24-25(18-31)30(26(32)21-12-7-4-8-13-21)28(35)29(24)17-19-14-15-22(23(16-19)27(33)34)20-10-5-3-6-11-20/h3-8,10-16,18H,2,9,17H2,1H3,(H,33,34). The summed E-state index contributed by atoms with van der Waals surface area (Å²) in [7, 11) is 0. The Morgan fingerprint density at radius 1 is 0.943 bits per heavy atom. The van der Waals surface area contributed by atoms with Crippen molar-refractivity contribution in [3.63, 3.8) is 0 Å². The molecule has 1 heterocycles. The molecular weight excluding hydrogens is 444 g/mol. The van der Waals surface area contributed by atoms with E-state index in [1.54, 1.807) is 42.5 Å². The van der Waals surface area contributed by atoms with Crippen LogP contribution in [0.15, 0.2) is 83.7 Å². The monoisotopic (exact) mass is 468 g/mol. The number of hydrogen-bond donors (Lipinski definition) is 1. The molecule has 7 nitrogen and oxygen atoms in total. The number of benzene rings is 3. The van der Waals surface area contributed by atoms with Gasteiger partial charge in [-0.3, -0.25) is 14.2 Å². The minimum atomic E-state index is -1.09. The maximum absolute atomic E-state index is 13.4. The quantitative estimate of drug-likeness (QED) is 0.384. The van der Waals surface area contributed by atoms with E-state index in [4.69, 9.17) is 0 Å². The Morgan fingerprint density at radius 3 is 2.20 bits per heavy atom. The van der Waals surface area contributed by atoms with Gasteiger partial charge in [0.15, 0.2) is 6.29 Å². The van der Waals surface area contributed by atoms with Crippen molar-refractivity contribution in [2.45, 2.75) is 26.3 Å². The Hall–Kier alpha value is -4.52. The summed E-state index contributed by atoms with van der Waals surface area (Å²) in [4.78, 5) is 50.6. The van der Waals surface area contributed by atoms with Gasteiger partial charge in [-0.25, -0.2) is 14.2 Å². The number of aromatic carboxylic acids is 1. The number of hydrogen-bond acceptors (Lipinski definition) is 4. The van der Waals surface area contributed by atoms with Gasteiger partial charge in [-0.05, 0) is 41.3 Å². The SMILES string of the molecule is CCCc1c(C=O)n(C(=O)c2ccccc2)c(=O)n1Cc1ccc(-c2ccccc2)c(C(=O)O)c1. The lowest BCUT2D eigenvalue weighted by molar-refractivity contribution is 0.0697. The van der Waals surface area contributed by atoms with Crippen molar-refractivity contribution in [2.24, 2.45) is 0 Å². The zero-order chi connectivity index (χ0) is 24.9. The largest absolute Gasteiger partial charge is 0.478 e. The maximum Gasteiger partial charge on any atom is 0.336 e. The number of aromatic nitrogens is 2. The van der Waals surface area contributed by atoms with Crippen molar-refractivity contribution in [1.29, 1.82) is 0 Å². The molecule has 0 bridgehead atoms. The normalized spacial score (nSPS) is 10.8. The molecule has 0 amide bonds. The Bertz CT molecular complexity index is 1450. The molecule has 0 atom stereocenters. The van der Waals surface area contributed by atoms with E-state index >= 15 is 0 Å². The molecule has 4 aromatic rings. The van der Waals surface area contributed by atoms with E-state index in [-0.39, 0.29) is 17.8 Å². The smallest absolute Gasteiger partial charge is 0.336 e. The summed E-state index contributed by atoms with van der Waals surface area (Å²) >= 11 is 0. The summed E-state index contributed by atoms with van der Waals surface area (Å²) in [6.07, 6.45) is 1.59. The second-order valence-corrected chi connectivity index (χ2v) is 8.13. The summed E-state index contributed by atoms with van der Waals surface area (Å²) in [6, 6.07) is 22.5. The molecule has 0 fully saturated rings. The lowest BCUT2D eigenvalue weighted by Gasteiger charge is -2.11. The van der Waals surface area contributed by atoms with Crippen LogP contribution in [-0.4, -0.2) is 32.4 Å². The van der Waals surface area contributed by atoms with Gasteiger partial charge >= 0.3 is 11.7 Å². The first-order valence-corrected chi connectivity index (χ1v) is 11.3. The maximum atomic E-state index is 13.4. The van der Waals surface area contributed by atoms with Gasteiger partial charge in [-0.15, -0.1) is 0 Å². The van der Waals surface area contributed by atoms with Crippen LogP contribution in [0.2, 0.25) is 0 Å². The van der Waals surface area contributed by atoms with Crippen molar-refractivity contribution >= 4 is 18.2 Å². The number of carbonyl (C=O) groups excluding carboxylic acids is 2. The zero-order valence-electron chi connectivity index (χ0n) is 19.2. The topological polar surface area (TPSA) is 98.4 Å². The average molecular weight is 469 g/mol. The lowest BCUT2D eigenvalue weighted by atomic mass is 9.97. The van der Waals surface area contributed by atoms with Gasteiger partial charge in [0.1, 0.15) is 5.69 Å². The van der Waals surface area contributed by atoms with Crippen molar-refractivity contribution < 1.29 is 19.5 Å². The number of rotatable bonds is 8. The minimum absolute atomic E-state index is 0.0186. The van der Waals surface area contributed by atoms with Gasteiger partial charge < -0.3 is 5.11 Å². The molecule has 7 heteroatoms. The molecule has 3 aromatic carbocycles. The number of imidazole rings is 1. The molecule has 0 unspecified atom stereocenters. The van der Waals surface area contributed by atoms with Crippen molar-refractivity contribution in [1.82, 2.24) is 9.13 Å². The summed E-state index contributed by atoms with van der Waals surface area (Å²) < 4.78 is 2.29. The van der Waals surface area contributed by atoms with E-state index in [2.05, 4.69) is 0 Å². The van der Waals surface area contributed by atoms with E-state index in [1.165, 1.54) is 10.6 Å². The fraction of sp³-hybridized carbons (Fsp3) is 0.143. The molecule has 0 aliphatic heterocycles. The molecule has 0 saturated carbocycles. The molecule has 176 valence electrons. The first kappa shape index (κ1) is 23.6. The predicted molar refractivity (Wildman–Crippen MR) is 132 cm³/mol. The summed E-state index contributed by atoms with van der Waals surface area (Å²) in [5.41, 5.74) is 2.13. The molecule has 35 heavy (non-hydrogen) atoms. The van der Waals surface area contributed by atoms with Crippen LogP contribution >= 0.6 is 0 Å². The van der Waals surface area contributed by atoms with Crippen molar-refractivity contribution in [3.05, 3.63) is 117 Å². The third-order valence-corrected chi connectivity index (χ3v) is 5.85. The highest BCUT2D eigenvalue weighted by atomic mass is 16.4. The highest BCUT2D eigenvalue weighted by molar-refractivity contribution is 5.99. The van der Waals surface area contributed by atoms with Crippen LogP contribution in [0.25, 0.3) is 11.1 Å². The van der Waals surface area contributed by atoms with Crippen LogP contribution in [0.5, 0.6) is 0 Å². The predicted octanol–water partition coefficient (Wildman–Crippen LogP) is 4.52. The molecule has 0 saturated heterocycles. The van der Waals surface area contributed by atoms with E-state index in [9.17, 15) is 24.3 Å². The molecule has 0 aliphatic carbocycles. The average Bonchev–Trinajstić information content (AvgIpc) is 3.15. The third kappa shape index (κ3) is 4.61. The number of nitrogens with zero attached hydrogens (tertiary/aromatic N) is 2. The molecule has 1 N–H and O–H groups in total. The fourth-order valence-corrected chi connectivity index (χ4v) is 4.21. The highest BCUT2D eigenvalue weighted by Gasteiger charge is 2.24. The fourth-order valence-electron chi connectivity index (χ4n) is 4.21. The first-order valence-electron chi connectivity index (χ1n) is 11.3. The molecule has 4 rings (SSSR count). The molecule has 0 radical (unpaired) electrons. The first-order chi connectivity index (χ1) is 17.0. The van der Waals surface area contributed by atoms with Crippen LogP contribution in [0.4, 0.5) is 0 Å². The zero-order valence-corrected chi connectivity index (χ0v) is 19.2. The Balaban J connectivity index is 1.82. The molecular formula is C28H24N2O5. The Labute approximate surface area is 201 Å². The second kappa shape index (κ2) is 10.2. The van der Waals surface area contributed by atoms with Gasteiger partial charge in [0.05, 0.1) is 17.8 Å². The van der Waals surface area contributed by atoms with Gasteiger partial charge in [-0.2, -0.15) is 0 Å². The Kier molecular flexibility index (Phi) is 6.87. The van der Waals surface area contributed by atoms with Crippen LogP contribution in [-0.2, 0) is 13.0 Å². The van der Waals surface area contributed by atoms with Gasteiger partial charge in [0.2, 0.25) is 0 Å². The van der Waals surface area contributed by atoms with Gasteiger partial charge in [0.25, 0.3) is 5.91 Å². The summed E-state index contributed by atoms with van der Waals surface area (Å²) in [6.45, 7) is 1.94. The van der Waals surface area contributed by atoms with Crippen LogP contribution in [0, 0.1) is 0 Å². The van der Waals surface area contributed by atoms with E-state index < -0.39 is 17.6 Å². The van der Waals surface area contributed by atoms with Crippen LogP contribution < -0.4 is 5.69 Å². The Morgan fingerprint density at radius 2 is 1.60 bits per heavy atom. The molecule has 0 spiro atoms. The minimum Gasteiger partial charge on any atom is -0.478 e. The third-order valence-electron chi connectivity index (χ3n) is 5.85. The summed E-state index contributed by atoms with van der Waals surface area (Å²) in [5.74, 6) is -1.67. The number of carbonyl (C=O) groups is 3. The van der Waals surface area contributed by atoms with Crippen molar-refractivity contribution in [3.8, 4) is 11.1 Å². The number of aldehydes is 1. The molecule has 0 aliphatic rings. The van der Waals surface area contributed by atoms with Gasteiger partial charge in [0, 0.05) is 5.56 Å².